The van der Waals surface area contributed by atoms with Crippen molar-refractivity contribution in [1.82, 2.24) is 5.32 Å². The van der Waals surface area contributed by atoms with Crippen LogP contribution in [0.15, 0.2) is 18.2 Å². The Morgan fingerprint density at radius 1 is 1.16 bits per heavy atom. The molecule has 1 atom stereocenters. The molecule has 104 valence electrons. The van der Waals surface area contributed by atoms with Gasteiger partial charge in [-0.05, 0) is 63.0 Å². The fraction of sp³-hybridized carbons (Fsp3) is 0.647. The molecule has 1 aromatic rings. The average molecular weight is 259 g/mol. The molecular weight excluding hydrogens is 234 g/mol. The first-order chi connectivity index (χ1) is 9.19. The monoisotopic (exact) mass is 259 g/mol. The van der Waals surface area contributed by atoms with Gasteiger partial charge in [-0.25, -0.2) is 0 Å². The summed E-state index contributed by atoms with van der Waals surface area (Å²) in [6.07, 6.45) is 5.69. The number of ether oxygens (including phenoxy) is 1. The van der Waals surface area contributed by atoms with Gasteiger partial charge in [-0.1, -0.05) is 12.1 Å². The average Bonchev–Trinajstić information content (AvgIpc) is 3.28. The van der Waals surface area contributed by atoms with Crippen LogP contribution in [0.5, 0.6) is 5.75 Å². The Labute approximate surface area is 116 Å². The van der Waals surface area contributed by atoms with E-state index < -0.39 is 0 Å². The molecule has 1 unspecified atom stereocenters. The van der Waals surface area contributed by atoms with E-state index in [0.717, 1.165) is 23.6 Å². The Morgan fingerprint density at radius 3 is 2.32 bits per heavy atom. The van der Waals surface area contributed by atoms with Crippen molar-refractivity contribution in [2.45, 2.75) is 51.6 Å². The van der Waals surface area contributed by atoms with Gasteiger partial charge in [0.2, 0.25) is 0 Å². The van der Waals surface area contributed by atoms with Crippen LogP contribution in [0, 0.1) is 18.8 Å². The van der Waals surface area contributed by atoms with Crippen LogP contribution in [-0.2, 0) is 0 Å². The van der Waals surface area contributed by atoms with Crippen LogP contribution in [0.1, 0.15) is 49.8 Å². The maximum absolute atomic E-state index is 5.54. The second kappa shape index (κ2) is 5.16. The highest BCUT2D eigenvalue weighted by molar-refractivity contribution is 5.39. The van der Waals surface area contributed by atoms with Gasteiger partial charge >= 0.3 is 0 Å². The van der Waals surface area contributed by atoms with Gasteiger partial charge < -0.3 is 10.1 Å². The molecular formula is C17H25NO. The van der Waals surface area contributed by atoms with E-state index in [1.54, 1.807) is 7.11 Å². The standard InChI is InChI=1S/C17H25NO/c1-11-4-9-15(16(10-11)19-3)12(2)18-17(13-5-6-13)14-7-8-14/h4,9-10,12-14,17-18H,5-8H2,1-3H3. The highest BCUT2D eigenvalue weighted by Gasteiger charge is 2.41. The van der Waals surface area contributed by atoms with E-state index in [4.69, 9.17) is 4.74 Å². The molecule has 2 aliphatic rings. The molecule has 0 bridgehead atoms. The van der Waals surface area contributed by atoms with Crippen LogP contribution >= 0.6 is 0 Å². The Kier molecular flexibility index (Phi) is 3.53. The molecule has 19 heavy (non-hydrogen) atoms. The molecule has 2 fully saturated rings. The van der Waals surface area contributed by atoms with E-state index in [0.29, 0.717) is 6.04 Å². The van der Waals surface area contributed by atoms with E-state index in [1.165, 1.54) is 36.8 Å². The minimum atomic E-state index is 0.377. The van der Waals surface area contributed by atoms with E-state index in [2.05, 4.69) is 37.4 Å². The number of nitrogens with one attached hydrogen (secondary N) is 1. The highest BCUT2D eigenvalue weighted by Crippen LogP contribution is 2.45. The molecule has 2 nitrogen and oxygen atoms in total. The van der Waals surface area contributed by atoms with Crippen LogP contribution in [0.2, 0.25) is 0 Å². The lowest BCUT2D eigenvalue weighted by atomic mass is 10.0. The second-order valence-corrected chi connectivity index (χ2v) is 6.33. The van der Waals surface area contributed by atoms with Crippen molar-refractivity contribution in [3.8, 4) is 5.75 Å². The van der Waals surface area contributed by atoms with Crippen molar-refractivity contribution in [2.24, 2.45) is 11.8 Å². The highest BCUT2D eigenvalue weighted by atomic mass is 16.5. The Bertz CT molecular complexity index is 437. The van der Waals surface area contributed by atoms with Gasteiger partial charge in [-0.15, -0.1) is 0 Å². The first kappa shape index (κ1) is 13.0. The quantitative estimate of drug-likeness (QED) is 0.838. The molecule has 0 amide bonds. The third-order valence-corrected chi connectivity index (χ3v) is 4.56. The van der Waals surface area contributed by atoms with E-state index >= 15 is 0 Å². The van der Waals surface area contributed by atoms with Gasteiger partial charge in [0.1, 0.15) is 5.75 Å². The molecule has 2 aliphatic carbocycles. The summed E-state index contributed by atoms with van der Waals surface area (Å²) in [5.41, 5.74) is 2.55. The summed E-state index contributed by atoms with van der Waals surface area (Å²) in [5, 5.41) is 3.87. The second-order valence-electron chi connectivity index (χ2n) is 6.33. The van der Waals surface area contributed by atoms with Gasteiger partial charge in [-0.3, -0.25) is 0 Å². The zero-order chi connectivity index (χ0) is 13.4. The first-order valence-corrected chi connectivity index (χ1v) is 7.59. The zero-order valence-corrected chi connectivity index (χ0v) is 12.3. The van der Waals surface area contributed by atoms with E-state index in [-0.39, 0.29) is 0 Å². The molecule has 0 aliphatic heterocycles. The molecule has 0 radical (unpaired) electrons. The van der Waals surface area contributed by atoms with Gasteiger partial charge in [0, 0.05) is 17.6 Å². The molecule has 2 heteroatoms. The van der Waals surface area contributed by atoms with Crippen LogP contribution in [0.4, 0.5) is 0 Å². The number of methoxy groups -OCH3 is 1. The minimum absolute atomic E-state index is 0.377. The summed E-state index contributed by atoms with van der Waals surface area (Å²) in [6.45, 7) is 4.38. The molecule has 0 heterocycles. The molecule has 0 saturated heterocycles. The van der Waals surface area contributed by atoms with Crippen molar-refractivity contribution >= 4 is 0 Å². The van der Waals surface area contributed by atoms with E-state index in [1.807, 2.05) is 0 Å². The summed E-state index contributed by atoms with van der Waals surface area (Å²) in [5.74, 6) is 2.89. The van der Waals surface area contributed by atoms with Crippen molar-refractivity contribution in [2.75, 3.05) is 7.11 Å². The minimum Gasteiger partial charge on any atom is -0.496 e. The number of hydrogen-bond acceptors (Lipinski definition) is 2. The summed E-state index contributed by atoms with van der Waals surface area (Å²) in [6, 6.07) is 7.64. The van der Waals surface area contributed by atoms with Gasteiger partial charge in [0.15, 0.2) is 0 Å². The van der Waals surface area contributed by atoms with Crippen LogP contribution in [-0.4, -0.2) is 13.2 Å². The molecule has 0 aromatic heterocycles. The third kappa shape index (κ3) is 2.94. The number of benzene rings is 1. The SMILES string of the molecule is COc1cc(C)ccc1C(C)NC(C1CC1)C1CC1. The Morgan fingerprint density at radius 2 is 1.79 bits per heavy atom. The van der Waals surface area contributed by atoms with Gasteiger partial charge in [0.05, 0.1) is 7.11 Å². The molecule has 2 saturated carbocycles. The number of aryl methyl sites for hydroxylation is 1. The molecule has 1 N–H and O–H groups in total. The van der Waals surface area contributed by atoms with Gasteiger partial charge in [-0.2, -0.15) is 0 Å². The van der Waals surface area contributed by atoms with Gasteiger partial charge in [0.25, 0.3) is 0 Å². The molecule has 1 aromatic carbocycles. The predicted molar refractivity (Wildman–Crippen MR) is 78.5 cm³/mol. The van der Waals surface area contributed by atoms with Crippen LogP contribution < -0.4 is 10.1 Å². The Balaban J connectivity index is 1.73. The summed E-state index contributed by atoms with van der Waals surface area (Å²) in [7, 11) is 1.77. The lowest BCUT2D eigenvalue weighted by Crippen LogP contribution is -2.35. The van der Waals surface area contributed by atoms with Crippen LogP contribution in [0.3, 0.4) is 0 Å². The summed E-state index contributed by atoms with van der Waals surface area (Å²) >= 11 is 0. The summed E-state index contributed by atoms with van der Waals surface area (Å²) in [4.78, 5) is 0. The van der Waals surface area contributed by atoms with Crippen molar-refractivity contribution in [3.05, 3.63) is 29.3 Å². The lowest BCUT2D eigenvalue weighted by molar-refractivity contribution is 0.361. The van der Waals surface area contributed by atoms with Crippen molar-refractivity contribution in [3.63, 3.8) is 0 Å². The zero-order valence-electron chi connectivity index (χ0n) is 12.3. The normalized spacial score (nSPS) is 20.6. The largest absolute Gasteiger partial charge is 0.496 e. The number of rotatable bonds is 6. The first-order valence-electron chi connectivity index (χ1n) is 7.59. The molecule has 3 rings (SSSR count). The number of hydrogen-bond donors (Lipinski definition) is 1. The smallest absolute Gasteiger partial charge is 0.123 e. The topological polar surface area (TPSA) is 21.3 Å². The lowest BCUT2D eigenvalue weighted by Gasteiger charge is -2.25. The summed E-state index contributed by atoms with van der Waals surface area (Å²) < 4.78 is 5.54. The van der Waals surface area contributed by atoms with Crippen molar-refractivity contribution < 1.29 is 4.74 Å². The Hall–Kier alpha value is -1.02. The third-order valence-electron chi connectivity index (χ3n) is 4.56. The van der Waals surface area contributed by atoms with E-state index in [9.17, 15) is 0 Å². The predicted octanol–water partition coefficient (Wildman–Crippen LogP) is 3.84. The maximum atomic E-state index is 5.54. The van der Waals surface area contributed by atoms with Crippen LogP contribution in [0.25, 0.3) is 0 Å². The fourth-order valence-electron chi connectivity index (χ4n) is 3.12. The fourth-order valence-corrected chi connectivity index (χ4v) is 3.12. The maximum Gasteiger partial charge on any atom is 0.123 e. The van der Waals surface area contributed by atoms with Crippen molar-refractivity contribution in [1.29, 1.82) is 0 Å². The molecule has 0 spiro atoms.